The van der Waals surface area contributed by atoms with Crippen molar-refractivity contribution in [3.63, 3.8) is 0 Å². The topological polar surface area (TPSA) is 78.5 Å². The second kappa shape index (κ2) is 8.47. The van der Waals surface area contributed by atoms with E-state index in [-0.39, 0.29) is 28.9 Å². The molecule has 0 saturated carbocycles. The summed E-state index contributed by atoms with van der Waals surface area (Å²) in [6, 6.07) is 12.2. The van der Waals surface area contributed by atoms with Crippen molar-refractivity contribution >= 4 is 29.5 Å². The predicted molar refractivity (Wildman–Crippen MR) is 112 cm³/mol. The van der Waals surface area contributed by atoms with E-state index in [1.54, 1.807) is 41.8 Å². The molecule has 0 bridgehead atoms. The number of amides is 3. The Labute approximate surface area is 178 Å². The van der Waals surface area contributed by atoms with E-state index >= 15 is 0 Å². The molecule has 8 heteroatoms. The van der Waals surface area contributed by atoms with Gasteiger partial charge in [-0.25, -0.2) is 4.39 Å². The molecule has 0 radical (unpaired) electrons. The average molecular weight is 428 g/mol. The number of nitrogens with one attached hydrogen (secondary N) is 2. The van der Waals surface area contributed by atoms with Crippen molar-refractivity contribution < 1.29 is 18.8 Å². The molecule has 1 saturated heterocycles. The van der Waals surface area contributed by atoms with Crippen molar-refractivity contribution in [1.29, 1.82) is 0 Å². The predicted octanol–water partition coefficient (Wildman–Crippen LogP) is 2.26. The largest absolute Gasteiger partial charge is 0.354 e. The third kappa shape index (κ3) is 3.92. The number of benzene rings is 2. The monoisotopic (exact) mass is 427 g/mol. The van der Waals surface area contributed by atoms with Crippen LogP contribution in [-0.4, -0.2) is 47.0 Å². The lowest BCUT2D eigenvalue weighted by Crippen LogP contribution is -2.52. The molecule has 0 aromatic heterocycles. The Morgan fingerprint density at radius 3 is 2.70 bits per heavy atom. The van der Waals surface area contributed by atoms with E-state index < -0.39 is 12.1 Å². The molecule has 1 fully saturated rings. The zero-order valence-corrected chi connectivity index (χ0v) is 17.2. The van der Waals surface area contributed by atoms with Gasteiger partial charge in [0.2, 0.25) is 11.8 Å². The van der Waals surface area contributed by atoms with Gasteiger partial charge >= 0.3 is 0 Å². The Morgan fingerprint density at radius 2 is 1.93 bits per heavy atom. The van der Waals surface area contributed by atoms with Gasteiger partial charge < -0.3 is 15.5 Å². The molecular weight excluding hydrogens is 405 g/mol. The van der Waals surface area contributed by atoms with Gasteiger partial charge in [-0.3, -0.25) is 14.4 Å². The van der Waals surface area contributed by atoms with Gasteiger partial charge in [-0.1, -0.05) is 30.3 Å². The molecule has 3 amide bonds. The Morgan fingerprint density at radius 1 is 1.20 bits per heavy atom. The van der Waals surface area contributed by atoms with Crippen LogP contribution < -0.4 is 10.6 Å². The zero-order chi connectivity index (χ0) is 21.3. The number of carbonyl (C=O) groups excluding carboxylic acids is 3. The first-order valence-electron chi connectivity index (χ1n) is 9.81. The van der Waals surface area contributed by atoms with Gasteiger partial charge in [0.05, 0.1) is 0 Å². The number of thioether (sulfide) groups is 1. The van der Waals surface area contributed by atoms with Gasteiger partial charge in [-0.2, -0.15) is 0 Å². The summed E-state index contributed by atoms with van der Waals surface area (Å²) in [5.41, 5.74) is 2.49. The number of nitrogens with zero attached hydrogens (tertiary/aromatic N) is 1. The molecule has 2 aromatic rings. The average Bonchev–Trinajstić information content (AvgIpc) is 3.30. The van der Waals surface area contributed by atoms with Crippen LogP contribution in [0.1, 0.15) is 33.8 Å². The molecule has 2 heterocycles. The number of hydrogen-bond acceptors (Lipinski definition) is 4. The standard InChI is InChI=1S/C22H22FN3O3S/c1-13(19(27)24-11-10-14-6-8-15(23)9-7-14)25-20(28)18-12-30-22-17-5-3-2-4-16(17)21(29)26(18)22/h2-9,13,18,22H,10-12H2,1H3,(H,24,27)(H,25,28)/t13-,18-,22+/m0/s1. The smallest absolute Gasteiger partial charge is 0.256 e. The first-order valence-corrected chi connectivity index (χ1v) is 10.9. The molecule has 30 heavy (non-hydrogen) atoms. The normalized spacial score (nSPS) is 20.5. The second-order valence-corrected chi connectivity index (χ2v) is 8.51. The van der Waals surface area contributed by atoms with Crippen LogP contribution in [0.2, 0.25) is 0 Å². The van der Waals surface area contributed by atoms with Crippen LogP contribution in [0.25, 0.3) is 0 Å². The maximum atomic E-state index is 12.9. The lowest BCUT2D eigenvalue weighted by atomic mass is 10.1. The first-order chi connectivity index (χ1) is 14.5. The van der Waals surface area contributed by atoms with Crippen LogP contribution in [0.4, 0.5) is 4.39 Å². The minimum Gasteiger partial charge on any atom is -0.354 e. The van der Waals surface area contributed by atoms with E-state index in [0.29, 0.717) is 24.3 Å². The highest BCUT2D eigenvalue weighted by Crippen LogP contribution is 2.48. The summed E-state index contributed by atoms with van der Waals surface area (Å²) in [5, 5.41) is 5.36. The molecule has 0 spiro atoms. The van der Waals surface area contributed by atoms with Crippen molar-refractivity contribution in [3.8, 4) is 0 Å². The number of hydrogen-bond donors (Lipinski definition) is 2. The minimum atomic E-state index is -0.727. The summed E-state index contributed by atoms with van der Waals surface area (Å²) in [5.74, 6) is -0.575. The molecule has 2 aliphatic rings. The zero-order valence-electron chi connectivity index (χ0n) is 16.4. The summed E-state index contributed by atoms with van der Waals surface area (Å²) in [4.78, 5) is 39.5. The van der Waals surface area contributed by atoms with Crippen molar-refractivity contribution in [1.82, 2.24) is 15.5 Å². The van der Waals surface area contributed by atoms with Gasteiger partial charge in [0.25, 0.3) is 5.91 Å². The summed E-state index contributed by atoms with van der Waals surface area (Å²) >= 11 is 1.56. The molecular formula is C22H22FN3O3S. The van der Waals surface area contributed by atoms with Crippen molar-refractivity contribution in [3.05, 3.63) is 71.0 Å². The summed E-state index contributed by atoms with van der Waals surface area (Å²) < 4.78 is 12.9. The molecule has 2 aromatic carbocycles. The van der Waals surface area contributed by atoms with Gasteiger partial charge in [0.1, 0.15) is 23.3 Å². The van der Waals surface area contributed by atoms with Gasteiger partial charge in [0, 0.05) is 17.9 Å². The maximum absolute atomic E-state index is 12.9. The van der Waals surface area contributed by atoms with E-state index in [9.17, 15) is 18.8 Å². The lowest BCUT2D eigenvalue weighted by Gasteiger charge is -2.24. The lowest BCUT2D eigenvalue weighted by molar-refractivity contribution is -0.130. The molecule has 0 aliphatic carbocycles. The van der Waals surface area contributed by atoms with Crippen LogP contribution in [0.3, 0.4) is 0 Å². The Balaban J connectivity index is 1.30. The Bertz CT molecular complexity index is 982. The van der Waals surface area contributed by atoms with E-state index in [4.69, 9.17) is 0 Å². The van der Waals surface area contributed by atoms with Crippen LogP contribution in [-0.2, 0) is 16.0 Å². The van der Waals surface area contributed by atoms with Gasteiger partial charge in [0.15, 0.2) is 0 Å². The number of fused-ring (bicyclic) bond motifs is 3. The second-order valence-electron chi connectivity index (χ2n) is 7.40. The highest BCUT2D eigenvalue weighted by molar-refractivity contribution is 7.99. The Kier molecular flexibility index (Phi) is 5.76. The van der Waals surface area contributed by atoms with Crippen molar-refractivity contribution in [2.45, 2.75) is 30.8 Å². The van der Waals surface area contributed by atoms with E-state index in [2.05, 4.69) is 10.6 Å². The highest BCUT2D eigenvalue weighted by Gasteiger charge is 2.48. The van der Waals surface area contributed by atoms with Crippen molar-refractivity contribution in [2.75, 3.05) is 12.3 Å². The van der Waals surface area contributed by atoms with E-state index in [0.717, 1.165) is 11.1 Å². The molecule has 156 valence electrons. The third-order valence-electron chi connectivity index (χ3n) is 5.37. The number of carbonyl (C=O) groups is 3. The van der Waals surface area contributed by atoms with Gasteiger partial charge in [-0.15, -0.1) is 11.8 Å². The molecule has 3 atom stereocenters. The molecule has 4 rings (SSSR count). The molecule has 2 N–H and O–H groups in total. The van der Waals surface area contributed by atoms with E-state index in [1.807, 2.05) is 18.2 Å². The SMILES string of the molecule is C[C@H](NC(=O)[C@@H]1CS[C@@H]2c3ccccc3C(=O)N21)C(=O)NCCc1ccc(F)cc1. The van der Waals surface area contributed by atoms with E-state index in [1.165, 1.54) is 12.1 Å². The van der Waals surface area contributed by atoms with Crippen LogP contribution >= 0.6 is 11.8 Å². The maximum Gasteiger partial charge on any atom is 0.256 e. The van der Waals surface area contributed by atoms with Crippen LogP contribution in [0, 0.1) is 5.82 Å². The Hall–Kier alpha value is -2.87. The van der Waals surface area contributed by atoms with Gasteiger partial charge in [-0.05, 0) is 42.7 Å². The number of halogens is 1. The highest BCUT2D eigenvalue weighted by atomic mass is 32.2. The summed E-state index contributed by atoms with van der Waals surface area (Å²) in [6.45, 7) is 2.00. The fourth-order valence-electron chi connectivity index (χ4n) is 3.75. The van der Waals surface area contributed by atoms with Crippen molar-refractivity contribution in [2.24, 2.45) is 0 Å². The molecule has 6 nitrogen and oxygen atoms in total. The number of rotatable bonds is 6. The fraction of sp³-hybridized carbons (Fsp3) is 0.318. The molecule has 2 aliphatic heterocycles. The first kappa shape index (κ1) is 20.4. The summed E-state index contributed by atoms with van der Waals surface area (Å²) in [7, 11) is 0. The third-order valence-corrected chi connectivity index (χ3v) is 6.68. The van der Waals surface area contributed by atoms with Crippen LogP contribution in [0.5, 0.6) is 0 Å². The summed E-state index contributed by atoms with van der Waals surface area (Å²) in [6.07, 6.45) is 0.564. The fourth-order valence-corrected chi connectivity index (χ4v) is 5.22. The quantitative estimate of drug-likeness (QED) is 0.741. The minimum absolute atomic E-state index is 0.142. The molecule has 0 unspecified atom stereocenters. The van der Waals surface area contributed by atoms with Crippen LogP contribution in [0.15, 0.2) is 48.5 Å².